The van der Waals surface area contributed by atoms with E-state index in [9.17, 15) is 0 Å². The van der Waals surface area contributed by atoms with Gasteiger partial charge in [0.05, 0.1) is 0 Å². The van der Waals surface area contributed by atoms with Crippen LogP contribution in [0.25, 0.3) is 0 Å². The Morgan fingerprint density at radius 2 is 0.557 bits per heavy atom. The van der Waals surface area contributed by atoms with Crippen LogP contribution in [0.3, 0.4) is 0 Å². The number of fused-ring (bicyclic) bond motifs is 4. The molecule has 0 aromatic heterocycles. The van der Waals surface area contributed by atoms with Crippen molar-refractivity contribution in [2.24, 2.45) is 0 Å². The summed E-state index contributed by atoms with van der Waals surface area (Å²) in [6, 6.07) is 82.2. The maximum absolute atomic E-state index is 2.56. The molecule has 0 atom stereocenters. The van der Waals surface area contributed by atoms with Crippen molar-refractivity contribution in [3.05, 3.63) is 268 Å². The standard InChI is InChI=1S/C67H63BN2/c1-46-42-61-63-62(43-46)70(56-38-32-52(33-39-56)65(4,5)48-24-16-11-17-25-48)60-41-35-54(67(8,9)50-28-20-13-21-29-50)45-58(60)68(63)57-44-53(66(6,7)49-26-18-12-19-27-49)34-40-59(57)69(61)55-36-30-51(31-37-55)64(2,3)47-22-14-10-15-23-47/h10-45H,1-9H3. The second-order valence-corrected chi connectivity index (χ2v) is 21.9. The Bertz CT molecular complexity index is 3130. The molecule has 2 heterocycles. The highest BCUT2D eigenvalue weighted by molar-refractivity contribution is 7.00. The first-order valence-electron chi connectivity index (χ1n) is 25.1. The van der Waals surface area contributed by atoms with E-state index in [0.29, 0.717) is 0 Å². The van der Waals surface area contributed by atoms with E-state index in [-0.39, 0.29) is 28.4 Å². The number of anilines is 6. The molecule has 0 fully saturated rings. The van der Waals surface area contributed by atoms with Crippen LogP contribution in [-0.4, -0.2) is 6.71 Å². The fourth-order valence-electron chi connectivity index (χ4n) is 11.6. The molecule has 0 aliphatic carbocycles. The summed E-state index contributed by atoms with van der Waals surface area (Å²) in [7, 11) is 0. The monoisotopic (exact) mass is 907 g/mol. The summed E-state index contributed by atoms with van der Waals surface area (Å²) < 4.78 is 0. The maximum atomic E-state index is 2.56. The molecular weight excluding hydrogens is 844 g/mol. The minimum Gasteiger partial charge on any atom is -0.311 e. The molecule has 0 amide bonds. The Balaban J connectivity index is 1.16. The van der Waals surface area contributed by atoms with Gasteiger partial charge >= 0.3 is 0 Å². The number of nitrogens with zero attached hydrogens (tertiary/aromatic N) is 2. The number of hydrogen-bond donors (Lipinski definition) is 0. The van der Waals surface area contributed by atoms with Gasteiger partial charge in [-0.15, -0.1) is 0 Å². The zero-order valence-corrected chi connectivity index (χ0v) is 42.3. The van der Waals surface area contributed by atoms with Crippen molar-refractivity contribution in [2.45, 2.75) is 84.0 Å². The van der Waals surface area contributed by atoms with Gasteiger partial charge in [-0.05, 0) is 122 Å². The van der Waals surface area contributed by atoms with E-state index < -0.39 is 0 Å². The van der Waals surface area contributed by atoms with Crippen LogP contribution in [0.1, 0.15) is 105 Å². The summed E-state index contributed by atoms with van der Waals surface area (Å²) in [6.07, 6.45) is 0. The van der Waals surface area contributed by atoms with E-state index in [1.807, 2.05) is 0 Å². The minimum absolute atomic E-state index is 0.0336. The molecule has 0 unspecified atom stereocenters. The van der Waals surface area contributed by atoms with Crippen LogP contribution in [0.4, 0.5) is 34.1 Å². The van der Waals surface area contributed by atoms with Crippen LogP contribution in [0.2, 0.25) is 0 Å². The third-order valence-corrected chi connectivity index (χ3v) is 16.3. The van der Waals surface area contributed by atoms with E-state index in [4.69, 9.17) is 0 Å². The van der Waals surface area contributed by atoms with Crippen molar-refractivity contribution in [2.75, 3.05) is 9.80 Å². The number of hydrogen-bond acceptors (Lipinski definition) is 2. The first-order chi connectivity index (χ1) is 33.7. The van der Waals surface area contributed by atoms with Crippen LogP contribution >= 0.6 is 0 Å². The molecule has 11 rings (SSSR count). The Morgan fingerprint density at radius 1 is 0.286 bits per heavy atom. The van der Waals surface area contributed by atoms with E-state index in [1.165, 1.54) is 89.2 Å². The first kappa shape index (κ1) is 45.1. The largest absolute Gasteiger partial charge is 0.311 e. The lowest BCUT2D eigenvalue weighted by Crippen LogP contribution is -2.61. The minimum atomic E-state index is -0.238. The van der Waals surface area contributed by atoms with Gasteiger partial charge in [-0.25, -0.2) is 0 Å². The van der Waals surface area contributed by atoms with Crippen LogP contribution in [0.5, 0.6) is 0 Å². The Morgan fingerprint density at radius 3 is 0.871 bits per heavy atom. The average Bonchev–Trinajstić information content (AvgIpc) is 3.39. The number of aryl methyl sites for hydroxylation is 1. The van der Waals surface area contributed by atoms with E-state index in [0.717, 1.165) is 11.4 Å². The molecule has 2 aliphatic heterocycles. The molecule has 2 aliphatic rings. The van der Waals surface area contributed by atoms with Gasteiger partial charge in [0.1, 0.15) is 0 Å². The van der Waals surface area contributed by atoms with E-state index in [1.54, 1.807) is 0 Å². The van der Waals surface area contributed by atoms with Gasteiger partial charge in [-0.2, -0.15) is 0 Å². The van der Waals surface area contributed by atoms with Gasteiger partial charge in [0.2, 0.25) is 0 Å². The third kappa shape index (κ3) is 7.41. The highest BCUT2D eigenvalue weighted by atomic mass is 15.2. The lowest BCUT2D eigenvalue weighted by atomic mass is 9.33. The molecule has 70 heavy (non-hydrogen) atoms. The zero-order valence-electron chi connectivity index (χ0n) is 42.3. The fraction of sp³-hybridized carbons (Fsp3) is 0.194. The number of benzene rings is 9. The van der Waals surface area contributed by atoms with Gasteiger partial charge in [0, 0.05) is 55.8 Å². The van der Waals surface area contributed by atoms with Crippen molar-refractivity contribution in [1.82, 2.24) is 0 Å². The van der Waals surface area contributed by atoms with Crippen molar-refractivity contribution < 1.29 is 0 Å². The van der Waals surface area contributed by atoms with Crippen LogP contribution in [-0.2, 0) is 21.7 Å². The van der Waals surface area contributed by atoms with Crippen molar-refractivity contribution >= 4 is 57.2 Å². The van der Waals surface area contributed by atoms with Gasteiger partial charge in [-0.3, -0.25) is 0 Å². The van der Waals surface area contributed by atoms with E-state index >= 15 is 0 Å². The lowest BCUT2D eigenvalue weighted by Gasteiger charge is -2.45. The van der Waals surface area contributed by atoms with Crippen LogP contribution in [0.15, 0.2) is 218 Å². The van der Waals surface area contributed by atoms with Gasteiger partial charge < -0.3 is 9.80 Å². The van der Waals surface area contributed by atoms with Crippen molar-refractivity contribution in [3.63, 3.8) is 0 Å². The van der Waals surface area contributed by atoms with Gasteiger partial charge in [0.15, 0.2) is 0 Å². The molecule has 0 N–H and O–H groups in total. The van der Waals surface area contributed by atoms with Gasteiger partial charge in [0.25, 0.3) is 6.71 Å². The fourth-order valence-corrected chi connectivity index (χ4v) is 11.6. The summed E-state index contributed by atoms with van der Waals surface area (Å²) in [5.74, 6) is 0. The molecule has 0 saturated heterocycles. The second-order valence-electron chi connectivity index (χ2n) is 21.9. The smallest absolute Gasteiger partial charge is 0.252 e. The molecule has 0 spiro atoms. The lowest BCUT2D eigenvalue weighted by molar-refractivity contribution is 0.641. The summed E-state index contributed by atoms with van der Waals surface area (Å²) in [5.41, 5.74) is 22.0. The molecule has 9 aromatic rings. The molecule has 0 saturated carbocycles. The van der Waals surface area contributed by atoms with E-state index in [2.05, 4.69) is 291 Å². The summed E-state index contributed by atoms with van der Waals surface area (Å²) in [5, 5.41) is 0. The van der Waals surface area contributed by atoms with Crippen LogP contribution in [0, 0.1) is 6.92 Å². The molecule has 9 aromatic carbocycles. The SMILES string of the molecule is Cc1cc2c3c(c1)N(c1ccc(C(C)(C)c4ccccc4)cc1)c1ccc(C(C)(C)c4ccccc4)cc1B3c1cc(C(C)(C)c3ccccc3)ccc1N2c1ccc(C(C)(C)c2ccccc2)cc1. The normalized spacial score (nSPS) is 13.4. The maximum Gasteiger partial charge on any atom is 0.252 e. The average molecular weight is 907 g/mol. The predicted molar refractivity (Wildman–Crippen MR) is 299 cm³/mol. The predicted octanol–water partition coefficient (Wildman–Crippen LogP) is 15.4. The first-order valence-corrected chi connectivity index (χ1v) is 25.1. The molecule has 0 bridgehead atoms. The quantitative estimate of drug-likeness (QED) is 0.126. The third-order valence-electron chi connectivity index (χ3n) is 16.3. The summed E-state index contributed by atoms with van der Waals surface area (Å²) >= 11 is 0. The molecule has 344 valence electrons. The highest BCUT2D eigenvalue weighted by Gasteiger charge is 2.45. The summed E-state index contributed by atoms with van der Waals surface area (Å²) in [6.45, 7) is 21.1. The molecule has 3 heteroatoms. The Hall–Kier alpha value is -7.36. The molecule has 0 radical (unpaired) electrons. The summed E-state index contributed by atoms with van der Waals surface area (Å²) in [4.78, 5) is 5.12. The van der Waals surface area contributed by atoms with Crippen molar-refractivity contribution in [1.29, 1.82) is 0 Å². The topological polar surface area (TPSA) is 6.48 Å². The Labute approximate surface area is 417 Å². The van der Waals surface area contributed by atoms with Crippen LogP contribution < -0.4 is 26.2 Å². The molecule has 2 nitrogen and oxygen atoms in total. The number of rotatable bonds is 10. The highest BCUT2D eigenvalue weighted by Crippen LogP contribution is 2.47. The zero-order chi connectivity index (χ0) is 48.6. The van der Waals surface area contributed by atoms with Crippen molar-refractivity contribution in [3.8, 4) is 0 Å². The molecular formula is C67H63BN2. The Kier molecular flexibility index (Phi) is 10.9. The second kappa shape index (κ2) is 17.0. The van der Waals surface area contributed by atoms with Gasteiger partial charge in [-0.1, -0.05) is 225 Å².